The van der Waals surface area contributed by atoms with Gasteiger partial charge in [-0.2, -0.15) is 0 Å². The number of hydrogen-bond acceptors (Lipinski definition) is 8. The fourth-order valence-electron chi connectivity index (χ4n) is 2.72. The Morgan fingerprint density at radius 1 is 1.08 bits per heavy atom. The van der Waals surface area contributed by atoms with Crippen molar-refractivity contribution in [1.29, 1.82) is 0 Å². The molecule has 1 aliphatic heterocycles. The number of nitrogens with zero attached hydrogens (tertiary/aromatic N) is 2. The fourth-order valence-corrected chi connectivity index (χ4v) is 3.66. The molecule has 0 radical (unpaired) electrons. The fraction of sp³-hybridized carbons (Fsp3) is 0.500. The molecule has 8 heteroatoms. The van der Waals surface area contributed by atoms with Crippen LogP contribution in [0.5, 0.6) is 0 Å². The van der Waals surface area contributed by atoms with Crippen LogP contribution in [0.2, 0.25) is 0 Å². The van der Waals surface area contributed by atoms with Crippen molar-refractivity contribution in [3.8, 4) is 0 Å². The number of anilines is 3. The second-order valence-electron chi connectivity index (χ2n) is 6.19. The van der Waals surface area contributed by atoms with E-state index in [1.165, 1.54) is 6.42 Å². The van der Waals surface area contributed by atoms with Crippen molar-refractivity contribution in [2.75, 3.05) is 36.1 Å². The highest BCUT2D eigenvalue weighted by atomic mass is 32.2. The lowest BCUT2D eigenvalue weighted by Crippen LogP contribution is -2.36. The van der Waals surface area contributed by atoms with Crippen molar-refractivity contribution in [3.05, 3.63) is 45.0 Å². The van der Waals surface area contributed by atoms with Gasteiger partial charge in [-0.15, -0.1) is 4.47 Å². The van der Waals surface area contributed by atoms with Crippen LogP contribution in [0.3, 0.4) is 0 Å². The minimum absolute atomic E-state index is 0.346. The Labute approximate surface area is 156 Å². The van der Waals surface area contributed by atoms with Crippen LogP contribution in [-0.2, 0) is 4.84 Å². The molecule has 0 atom stereocenters. The molecule has 1 fully saturated rings. The average molecular weight is 376 g/mol. The van der Waals surface area contributed by atoms with Gasteiger partial charge in [0, 0.05) is 36.9 Å². The lowest BCUT2D eigenvalue weighted by atomic mass is 10.1. The van der Waals surface area contributed by atoms with Gasteiger partial charge in [-0.3, -0.25) is 19.4 Å². The highest BCUT2D eigenvalue weighted by Crippen LogP contribution is 2.20. The summed E-state index contributed by atoms with van der Waals surface area (Å²) in [7, 11) is 0. The van der Waals surface area contributed by atoms with Crippen LogP contribution in [0.4, 0.5) is 17.1 Å². The predicted molar refractivity (Wildman–Crippen MR) is 106 cm³/mol. The summed E-state index contributed by atoms with van der Waals surface area (Å²) < 4.78 is 1.99. The molecule has 7 nitrogen and oxygen atoms in total. The van der Waals surface area contributed by atoms with Crippen LogP contribution in [-0.4, -0.2) is 34.9 Å². The van der Waals surface area contributed by atoms with Crippen molar-refractivity contribution in [3.63, 3.8) is 0 Å². The third kappa shape index (κ3) is 5.06. The van der Waals surface area contributed by atoms with Crippen LogP contribution >= 0.6 is 11.9 Å². The largest absolute Gasteiger partial charge is 0.380 e. The SMILES string of the molecule is O=c1c(NCCCCCSN2CCCCO2)c(Nc2ccncc2)c1=O. The Hall–Kier alpha value is -1.90. The van der Waals surface area contributed by atoms with E-state index in [1.54, 1.807) is 36.5 Å². The third-order valence-electron chi connectivity index (χ3n) is 4.19. The predicted octanol–water partition coefficient (Wildman–Crippen LogP) is 2.68. The van der Waals surface area contributed by atoms with E-state index in [0.29, 0.717) is 17.9 Å². The van der Waals surface area contributed by atoms with E-state index in [1.807, 2.05) is 4.47 Å². The summed E-state index contributed by atoms with van der Waals surface area (Å²) in [5.74, 6) is 1.04. The molecule has 0 amide bonds. The van der Waals surface area contributed by atoms with Gasteiger partial charge in [0.25, 0.3) is 10.9 Å². The highest BCUT2D eigenvalue weighted by molar-refractivity contribution is 7.96. The first kappa shape index (κ1) is 18.9. The first-order valence-electron chi connectivity index (χ1n) is 9.03. The van der Waals surface area contributed by atoms with Gasteiger partial charge in [0.15, 0.2) is 0 Å². The highest BCUT2D eigenvalue weighted by Gasteiger charge is 2.20. The molecule has 0 aliphatic carbocycles. The zero-order valence-electron chi connectivity index (χ0n) is 14.7. The maximum atomic E-state index is 11.8. The molecule has 140 valence electrons. The Balaban J connectivity index is 1.34. The van der Waals surface area contributed by atoms with Gasteiger partial charge in [0.05, 0.1) is 6.61 Å². The number of nitrogens with one attached hydrogen (secondary N) is 2. The molecule has 0 bridgehead atoms. The van der Waals surface area contributed by atoms with Gasteiger partial charge in [0.1, 0.15) is 11.4 Å². The van der Waals surface area contributed by atoms with Gasteiger partial charge in [-0.25, -0.2) is 0 Å². The van der Waals surface area contributed by atoms with Crippen molar-refractivity contribution >= 4 is 29.0 Å². The zero-order chi connectivity index (χ0) is 18.2. The number of hydrogen-bond donors (Lipinski definition) is 2. The summed E-state index contributed by atoms with van der Waals surface area (Å²) in [6, 6.07) is 3.51. The van der Waals surface area contributed by atoms with Crippen LogP contribution in [0.1, 0.15) is 32.1 Å². The number of unbranched alkanes of at least 4 members (excludes halogenated alkanes) is 2. The lowest BCUT2D eigenvalue weighted by molar-refractivity contribution is -0.0996. The first-order chi connectivity index (χ1) is 12.8. The van der Waals surface area contributed by atoms with Crippen LogP contribution in [0, 0.1) is 0 Å². The van der Waals surface area contributed by atoms with E-state index in [4.69, 9.17) is 4.84 Å². The van der Waals surface area contributed by atoms with Gasteiger partial charge < -0.3 is 10.6 Å². The van der Waals surface area contributed by atoms with Crippen LogP contribution < -0.4 is 21.5 Å². The van der Waals surface area contributed by atoms with Gasteiger partial charge >= 0.3 is 0 Å². The quantitative estimate of drug-likeness (QED) is 0.372. The molecular weight excluding hydrogens is 352 g/mol. The average Bonchev–Trinajstić information content (AvgIpc) is 2.70. The van der Waals surface area contributed by atoms with E-state index in [9.17, 15) is 9.59 Å². The molecular formula is C18H24N4O3S. The maximum Gasteiger partial charge on any atom is 0.253 e. The number of rotatable bonds is 10. The Bertz CT molecular complexity index is 755. The molecule has 3 rings (SSSR count). The second-order valence-corrected chi connectivity index (χ2v) is 7.26. The van der Waals surface area contributed by atoms with Crippen LogP contribution in [0.25, 0.3) is 0 Å². The number of hydroxylamine groups is 1. The molecule has 0 saturated carbocycles. The maximum absolute atomic E-state index is 11.8. The molecule has 0 spiro atoms. The minimum Gasteiger partial charge on any atom is -0.380 e. The Morgan fingerprint density at radius 2 is 1.88 bits per heavy atom. The van der Waals surface area contributed by atoms with E-state index in [-0.39, 0.29) is 0 Å². The standard InChI is InChI=1S/C18H24N4O3S/c23-17-15(16(18(17)24)21-14-6-9-19-10-7-14)20-8-2-1-5-13-26-22-11-3-4-12-25-22/h6-7,9-10,20H,1-5,8,11-13H2,(H,19,21). The van der Waals surface area contributed by atoms with Crippen molar-refractivity contribution < 1.29 is 4.84 Å². The summed E-state index contributed by atoms with van der Waals surface area (Å²) in [6.07, 6.45) is 8.74. The zero-order valence-corrected chi connectivity index (χ0v) is 15.5. The molecule has 1 aliphatic rings. The molecule has 0 unspecified atom stereocenters. The van der Waals surface area contributed by atoms with E-state index < -0.39 is 10.9 Å². The van der Waals surface area contributed by atoms with Gasteiger partial charge in [-0.1, -0.05) is 18.4 Å². The minimum atomic E-state index is -0.470. The summed E-state index contributed by atoms with van der Waals surface area (Å²) in [5.41, 5.74) is 0.565. The number of pyridine rings is 1. The summed E-state index contributed by atoms with van der Waals surface area (Å²) in [5, 5.41) is 6.09. The molecule has 1 saturated heterocycles. The summed E-state index contributed by atoms with van der Waals surface area (Å²) in [4.78, 5) is 33.0. The molecule has 2 heterocycles. The third-order valence-corrected chi connectivity index (χ3v) is 5.24. The van der Waals surface area contributed by atoms with Crippen molar-refractivity contribution in [2.45, 2.75) is 32.1 Å². The van der Waals surface area contributed by atoms with E-state index in [0.717, 1.165) is 50.3 Å². The first-order valence-corrected chi connectivity index (χ1v) is 9.97. The smallest absolute Gasteiger partial charge is 0.253 e. The Kier molecular flexibility index (Phi) is 7.04. The van der Waals surface area contributed by atoms with E-state index >= 15 is 0 Å². The topological polar surface area (TPSA) is 83.6 Å². The lowest BCUT2D eigenvalue weighted by Gasteiger charge is -2.24. The molecule has 2 N–H and O–H groups in total. The molecule has 1 aromatic heterocycles. The number of aromatic nitrogens is 1. The Morgan fingerprint density at radius 3 is 2.65 bits per heavy atom. The van der Waals surface area contributed by atoms with Gasteiger partial charge in [-0.05, 0) is 37.8 Å². The van der Waals surface area contributed by atoms with Gasteiger partial charge in [0.2, 0.25) is 0 Å². The normalized spacial score (nSPS) is 15.2. The van der Waals surface area contributed by atoms with Crippen LogP contribution in [0.15, 0.2) is 34.1 Å². The summed E-state index contributed by atoms with van der Waals surface area (Å²) in [6.45, 7) is 2.51. The summed E-state index contributed by atoms with van der Waals surface area (Å²) >= 11 is 1.75. The second kappa shape index (κ2) is 9.70. The molecule has 2 aromatic rings. The molecule has 26 heavy (non-hydrogen) atoms. The monoisotopic (exact) mass is 376 g/mol. The molecule has 1 aromatic carbocycles. The van der Waals surface area contributed by atoms with Crippen molar-refractivity contribution in [1.82, 2.24) is 9.45 Å². The van der Waals surface area contributed by atoms with E-state index in [2.05, 4.69) is 15.6 Å². The van der Waals surface area contributed by atoms with Crippen molar-refractivity contribution in [2.24, 2.45) is 0 Å².